The quantitative estimate of drug-likeness (QED) is 0.769. The van der Waals surface area contributed by atoms with Gasteiger partial charge >= 0.3 is 6.03 Å². The molecule has 0 heterocycles. The predicted octanol–water partition coefficient (Wildman–Crippen LogP) is 1.80. The first-order valence-corrected chi connectivity index (χ1v) is 6.98. The topological polar surface area (TPSA) is 70.6 Å². The van der Waals surface area contributed by atoms with E-state index in [0.717, 1.165) is 37.0 Å². The first-order valence-electron chi connectivity index (χ1n) is 6.98. The van der Waals surface area contributed by atoms with E-state index in [0.29, 0.717) is 13.1 Å². The Morgan fingerprint density at radius 1 is 1.35 bits per heavy atom. The van der Waals surface area contributed by atoms with E-state index in [1.165, 1.54) is 0 Å². The van der Waals surface area contributed by atoms with Crippen molar-refractivity contribution in [3.8, 4) is 5.75 Å². The molecule has 0 aliphatic heterocycles. The van der Waals surface area contributed by atoms with Crippen LogP contribution in [0.15, 0.2) is 24.3 Å². The van der Waals surface area contributed by atoms with Gasteiger partial charge in [-0.05, 0) is 30.5 Å². The van der Waals surface area contributed by atoms with Gasteiger partial charge in [0.05, 0.1) is 12.7 Å². The van der Waals surface area contributed by atoms with Gasteiger partial charge in [0.15, 0.2) is 0 Å². The Morgan fingerprint density at radius 2 is 2.10 bits per heavy atom. The minimum absolute atomic E-state index is 0.256. The fourth-order valence-corrected chi connectivity index (χ4v) is 2.48. The second-order valence-corrected chi connectivity index (χ2v) is 5.32. The van der Waals surface area contributed by atoms with Crippen molar-refractivity contribution < 1.29 is 14.6 Å². The molecule has 20 heavy (non-hydrogen) atoms. The number of aliphatic hydroxyl groups is 1. The van der Waals surface area contributed by atoms with Crippen LogP contribution >= 0.6 is 0 Å². The number of hydrogen-bond donors (Lipinski definition) is 3. The van der Waals surface area contributed by atoms with Gasteiger partial charge in [-0.25, -0.2) is 4.79 Å². The minimum atomic E-state index is -0.715. The highest BCUT2D eigenvalue weighted by Gasteiger charge is 2.31. The third-order valence-corrected chi connectivity index (χ3v) is 3.70. The van der Waals surface area contributed by atoms with Crippen LogP contribution < -0.4 is 15.4 Å². The molecule has 0 aromatic heterocycles. The number of amides is 2. The van der Waals surface area contributed by atoms with Crippen molar-refractivity contribution in [3.05, 3.63) is 29.8 Å². The van der Waals surface area contributed by atoms with Gasteiger partial charge in [0.1, 0.15) is 5.75 Å². The van der Waals surface area contributed by atoms with Gasteiger partial charge in [-0.3, -0.25) is 0 Å². The zero-order valence-electron chi connectivity index (χ0n) is 11.8. The molecule has 2 amide bonds. The van der Waals surface area contributed by atoms with Crippen molar-refractivity contribution in [1.82, 2.24) is 10.6 Å². The van der Waals surface area contributed by atoms with E-state index in [2.05, 4.69) is 10.6 Å². The lowest BCUT2D eigenvalue weighted by molar-refractivity contribution is 0.0501. The maximum atomic E-state index is 11.7. The summed E-state index contributed by atoms with van der Waals surface area (Å²) in [5, 5.41) is 15.6. The molecule has 0 saturated heterocycles. The molecule has 2 rings (SSSR count). The highest BCUT2D eigenvalue weighted by atomic mass is 16.5. The highest BCUT2D eigenvalue weighted by molar-refractivity contribution is 5.73. The molecule has 5 nitrogen and oxygen atoms in total. The normalized spacial score (nSPS) is 16.7. The second kappa shape index (κ2) is 6.61. The Balaban J connectivity index is 1.74. The van der Waals surface area contributed by atoms with Gasteiger partial charge in [0.25, 0.3) is 0 Å². The predicted molar refractivity (Wildman–Crippen MR) is 76.7 cm³/mol. The monoisotopic (exact) mass is 278 g/mol. The lowest BCUT2D eigenvalue weighted by Crippen LogP contribution is -2.44. The number of urea groups is 1. The molecule has 1 aliphatic carbocycles. The number of carbonyl (C=O) groups is 1. The van der Waals surface area contributed by atoms with E-state index in [-0.39, 0.29) is 6.03 Å². The number of nitrogens with one attached hydrogen (secondary N) is 2. The fraction of sp³-hybridized carbons (Fsp3) is 0.533. The van der Waals surface area contributed by atoms with Crippen LogP contribution in [0.1, 0.15) is 31.2 Å². The molecule has 3 N–H and O–H groups in total. The van der Waals surface area contributed by atoms with E-state index >= 15 is 0 Å². The van der Waals surface area contributed by atoms with E-state index < -0.39 is 5.60 Å². The van der Waals surface area contributed by atoms with Crippen molar-refractivity contribution in [2.75, 3.05) is 13.7 Å². The van der Waals surface area contributed by atoms with Crippen LogP contribution in [-0.4, -0.2) is 30.4 Å². The molecule has 0 spiro atoms. The van der Waals surface area contributed by atoms with Crippen LogP contribution in [0.2, 0.25) is 0 Å². The molecule has 1 aliphatic rings. The summed E-state index contributed by atoms with van der Waals surface area (Å²) in [5.41, 5.74) is 0.256. The average Bonchev–Trinajstić information content (AvgIpc) is 2.90. The summed E-state index contributed by atoms with van der Waals surface area (Å²) in [4.78, 5) is 11.7. The Bertz CT molecular complexity index is 456. The van der Waals surface area contributed by atoms with Gasteiger partial charge < -0.3 is 20.5 Å². The Morgan fingerprint density at radius 3 is 2.80 bits per heavy atom. The number of benzene rings is 1. The zero-order chi connectivity index (χ0) is 14.4. The van der Waals surface area contributed by atoms with Gasteiger partial charge in [0.2, 0.25) is 0 Å². The lowest BCUT2D eigenvalue weighted by atomic mass is 10.0. The number of methoxy groups -OCH3 is 1. The van der Waals surface area contributed by atoms with Crippen LogP contribution in [0.25, 0.3) is 0 Å². The van der Waals surface area contributed by atoms with Crippen molar-refractivity contribution >= 4 is 6.03 Å². The van der Waals surface area contributed by atoms with Gasteiger partial charge in [0, 0.05) is 13.1 Å². The smallest absolute Gasteiger partial charge is 0.315 e. The molecule has 1 saturated carbocycles. The summed E-state index contributed by atoms with van der Waals surface area (Å²) >= 11 is 0. The third kappa shape index (κ3) is 4.13. The van der Waals surface area contributed by atoms with Crippen molar-refractivity contribution in [3.63, 3.8) is 0 Å². The molecular formula is C15H22N2O3. The summed E-state index contributed by atoms with van der Waals surface area (Å²) < 4.78 is 5.13. The number of carbonyl (C=O) groups excluding carboxylic acids is 1. The molecule has 0 unspecified atom stereocenters. The molecule has 1 aromatic rings. The number of rotatable bonds is 5. The van der Waals surface area contributed by atoms with E-state index in [1.807, 2.05) is 24.3 Å². The molecule has 0 bridgehead atoms. The van der Waals surface area contributed by atoms with Crippen LogP contribution in [0.5, 0.6) is 5.75 Å². The molecule has 1 fully saturated rings. The molecule has 5 heteroatoms. The first-order chi connectivity index (χ1) is 9.61. The maximum Gasteiger partial charge on any atom is 0.315 e. The van der Waals surface area contributed by atoms with Gasteiger partial charge in [-0.1, -0.05) is 25.0 Å². The van der Waals surface area contributed by atoms with E-state index in [4.69, 9.17) is 4.74 Å². The van der Waals surface area contributed by atoms with Crippen molar-refractivity contribution in [1.29, 1.82) is 0 Å². The van der Waals surface area contributed by atoms with Gasteiger partial charge in [-0.2, -0.15) is 0 Å². The van der Waals surface area contributed by atoms with Crippen molar-refractivity contribution in [2.24, 2.45) is 0 Å². The summed E-state index contributed by atoms with van der Waals surface area (Å²) in [6.45, 7) is 0.748. The first kappa shape index (κ1) is 14.7. The maximum absolute atomic E-state index is 11.7. The Labute approximate surface area is 119 Å². The summed E-state index contributed by atoms with van der Waals surface area (Å²) in [7, 11) is 1.61. The summed E-state index contributed by atoms with van der Waals surface area (Å²) in [6.07, 6.45) is 3.60. The zero-order valence-corrected chi connectivity index (χ0v) is 11.8. The molecule has 110 valence electrons. The van der Waals surface area contributed by atoms with Crippen LogP contribution in [-0.2, 0) is 6.54 Å². The van der Waals surface area contributed by atoms with E-state index in [1.54, 1.807) is 7.11 Å². The fourth-order valence-electron chi connectivity index (χ4n) is 2.48. The minimum Gasteiger partial charge on any atom is -0.497 e. The molecule has 1 aromatic carbocycles. The standard InChI is InChI=1S/C15H22N2O3/c1-20-13-6-4-5-12(9-13)10-16-14(18)17-11-15(19)7-2-3-8-15/h4-6,9,19H,2-3,7-8,10-11H2,1H3,(H2,16,17,18). The highest BCUT2D eigenvalue weighted by Crippen LogP contribution is 2.28. The van der Waals surface area contributed by atoms with Crippen molar-refractivity contribution in [2.45, 2.75) is 37.8 Å². The SMILES string of the molecule is COc1cccc(CNC(=O)NCC2(O)CCCC2)c1. The molecular weight excluding hydrogens is 256 g/mol. The molecule has 0 atom stereocenters. The molecule has 0 radical (unpaired) electrons. The van der Waals surface area contributed by atoms with Gasteiger partial charge in [-0.15, -0.1) is 0 Å². The summed E-state index contributed by atoms with van der Waals surface area (Å²) in [5.74, 6) is 0.768. The number of hydrogen-bond acceptors (Lipinski definition) is 3. The van der Waals surface area contributed by atoms with Crippen LogP contribution in [0.3, 0.4) is 0 Å². The third-order valence-electron chi connectivity index (χ3n) is 3.70. The summed E-state index contributed by atoms with van der Waals surface area (Å²) in [6, 6.07) is 7.29. The van der Waals surface area contributed by atoms with E-state index in [9.17, 15) is 9.90 Å². The van der Waals surface area contributed by atoms with Crippen LogP contribution in [0, 0.1) is 0 Å². The Hall–Kier alpha value is -1.75. The van der Waals surface area contributed by atoms with Crippen LogP contribution in [0.4, 0.5) is 4.79 Å². The average molecular weight is 278 g/mol. The number of ether oxygens (including phenoxy) is 1. The lowest BCUT2D eigenvalue weighted by Gasteiger charge is -2.22. The second-order valence-electron chi connectivity index (χ2n) is 5.32. The largest absolute Gasteiger partial charge is 0.497 e. The Kier molecular flexibility index (Phi) is 4.84.